The molecule has 2 aromatic rings. The highest BCUT2D eigenvalue weighted by atomic mass is 16.5. The van der Waals surface area contributed by atoms with Crippen LogP contribution in [0.3, 0.4) is 0 Å². The Morgan fingerprint density at radius 2 is 1.87 bits per heavy atom. The van der Waals surface area contributed by atoms with Gasteiger partial charge in [-0.05, 0) is 55.6 Å². The average molecular weight is 410 g/mol. The molecule has 1 atom stereocenters. The molecular weight excluding hydrogens is 378 g/mol. The summed E-state index contributed by atoms with van der Waals surface area (Å²) in [4.78, 5) is 16.8. The Labute approximate surface area is 178 Å². The minimum absolute atomic E-state index is 0.0267. The summed E-state index contributed by atoms with van der Waals surface area (Å²) in [5.41, 5.74) is 2.16. The number of nitrogens with one attached hydrogen (secondary N) is 1. The second kappa shape index (κ2) is 9.85. The van der Waals surface area contributed by atoms with Crippen molar-refractivity contribution in [1.82, 2.24) is 15.1 Å². The van der Waals surface area contributed by atoms with Gasteiger partial charge in [-0.25, -0.2) is 4.79 Å². The summed E-state index contributed by atoms with van der Waals surface area (Å²) >= 11 is 0. The number of likely N-dealkylation sites (tertiary alicyclic amines) is 1. The molecule has 30 heavy (non-hydrogen) atoms. The van der Waals surface area contributed by atoms with E-state index in [1.54, 1.807) is 7.11 Å². The number of nitrogens with zero attached hydrogens (tertiary/aromatic N) is 2. The third-order valence-corrected chi connectivity index (χ3v) is 5.87. The predicted molar refractivity (Wildman–Crippen MR) is 117 cm³/mol. The first-order valence-corrected chi connectivity index (χ1v) is 10.9. The molecular formula is C24H31N3O3. The zero-order chi connectivity index (χ0) is 20.8. The zero-order valence-corrected chi connectivity index (χ0v) is 17.7. The van der Waals surface area contributed by atoms with Crippen molar-refractivity contribution in [3.8, 4) is 11.5 Å². The molecule has 2 aliphatic heterocycles. The fraction of sp³-hybridized carbons (Fsp3) is 0.458. The quantitative estimate of drug-likeness (QED) is 0.640. The van der Waals surface area contributed by atoms with Crippen molar-refractivity contribution in [3.05, 3.63) is 59.7 Å². The second-order valence-corrected chi connectivity index (χ2v) is 8.03. The maximum Gasteiger partial charge on any atom is 0.318 e. The van der Waals surface area contributed by atoms with E-state index in [2.05, 4.69) is 10.2 Å². The topological polar surface area (TPSA) is 54.0 Å². The molecule has 4 rings (SSSR count). The summed E-state index contributed by atoms with van der Waals surface area (Å²) in [6.45, 7) is 5.40. The van der Waals surface area contributed by atoms with Crippen molar-refractivity contribution in [1.29, 1.82) is 0 Å². The van der Waals surface area contributed by atoms with E-state index in [0.717, 1.165) is 29.8 Å². The molecule has 0 aliphatic carbocycles. The lowest BCUT2D eigenvalue weighted by Crippen LogP contribution is -2.27. The van der Waals surface area contributed by atoms with Gasteiger partial charge in [-0.1, -0.05) is 36.4 Å². The van der Waals surface area contributed by atoms with Gasteiger partial charge in [-0.15, -0.1) is 0 Å². The van der Waals surface area contributed by atoms with Gasteiger partial charge in [0.05, 0.1) is 19.8 Å². The van der Waals surface area contributed by atoms with Gasteiger partial charge >= 0.3 is 6.03 Å². The molecule has 2 amide bonds. The van der Waals surface area contributed by atoms with Gasteiger partial charge in [0.1, 0.15) is 0 Å². The minimum atomic E-state index is -0.0370. The van der Waals surface area contributed by atoms with Crippen LogP contribution in [0.1, 0.15) is 36.4 Å². The van der Waals surface area contributed by atoms with E-state index in [-0.39, 0.29) is 12.1 Å². The van der Waals surface area contributed by atoms with E-state index < -0.39 is 0 Å². The van der Waals surface area contributed by atoms with Gasteiger partial charge in [0.25, 0.3) is 0 Å². The van der Waals surface area contributed by atoms with Crippen LogP contribution in [-0.2, 0) is 6.54 Å². The molecule has 2 fully saturated rings. The number of hydrogen-bond acceptors (Lipinski definition) is 4. The number of rotatable bonds is 9. The van der Waals surface area contributed by atoms with Crippen LogP contribution >= 0.6 is 0 Å². The van der Waals surface area contributed by atoms with E-state index in [1.165, 1.54) is 25.9 Å². The first-order chi connectivity index (χ1) is 14.7. The third-order valence-electron chi connectivity index (χ3n) is 5.87. The van der Waals surface area contributed by atoms with Crippen LogP contribution in [0.5, 0.6) is 11.5 Å². The van der Waals surface area contributed by atoms with Crippen LogP contribution in [0.25, 0.3) is 0 Å². The molecule has 6 nitrogen and oxygen atoms in total. The smallest absolute Gasteiger partial charge is 0.318 e. The Morgan fingerprint density at radius 1 is 1.07 bits per heavy atom. The monoisotopic (exact) mass is 409 g/mol. The fourth-order valence-electron chi connectivity index (χ4n) is 4.23. The lowest BCUT2D eigenvalue weighted by Gasteiger charge is -2.18. The minimum Gasteiger partial charge on any atom is -0.493 e. The molecule has 2 heterocycles. The molecule has 0 saturated carbocycles. The third kappa shape index (κ3) is 5.05. The SMILES string of the molecule is COc1cc(CN2C[C@H](c3ccccc3)NC2=O)ccc1OCCCN1CCCC1. The van der Waals surface area contributed by atoms with Crippen LogP contribution in [0.4, 0.5) is 4.79 Å². The van der Waals surface area contributed by atoms with Gasteiger partial charge < -0.3 is 24.6 Å². The van der Waals surface area contributed by atoms with Crippen LogP contribution in [0.15, 0.2) is 48.5 Å². The molecule has 0 bridgehead atoms. The van der Waals surface area contributed by atoms with E-state index in [1.807, 2.05) is 53.4 Å². The number of hydrogen-bond donors (Lipinski definition) is 1. The lowest BCUT2D eigenvalue weighted by molar-refractivity contribution is 0.215. The molecule has 0 spiro atoms. The highest BCUT2D eigenvalue weighted by molar-refractivity contribution is 5.77. The lowest BCUT2D eigenvalue weighted by atomic mass is 10.1. The van der Waals surface area contributed by atoms with Gasteiger partial charge in [0, 0.05) is 19.6 Å². The molecule has 2 saturated heterocycles. The maximum atomic E-state index is 12.4. The Morgan fingerprint density at radius 3 is 2.63 bits per heavy atom. The van der Waals surface area contributed by atoms with Gasteiger partial charge in [-0.2, -0.15) is 0 Å². The predicted octanol–water partition coefficient (Wildman–Crippen LogP) is 3.83. The summed E-state index contributed by atoms with van der Waals surface area (Å²) in [5, 5.41) is 3.06. The number of amides is 2. The molecule has 0 unspecified atom stereocenters. The maximum absolute atomic E-state index is 12.4. The molecule has 0 aromatic heterocycles. The van der Waals surface area contributed by atoms with Gasteiger partial charge in [0.2, 0.25) is 0 Å². The second-order valence-electron chi connectivity index (χ2n) is 8.03. The number of ether oxygens (including phenoxy) is 2. The normalized spacial score (nSPS) is 19.2. The summed E-state index contributed by atoms with van der Waals surface area (Å²) in [6, 6.07) is 16.0. The van der Waals surface area contributed by atoms with Crippen molar-refractivity contribution < 1.29 is 14.3 Å². The van der Waals surface area contributed by atoms with Gasteiger partial charge in [-0.3, -0.25) is 0 Å². The van der Waals surface area contributed by atoms with E-state index in [0.29, 0.717) is 25.4 Å². The van der Waals surface area contributed by atoms with E-state index >= 15 is 0 Å². The van der Waals surface area contributed by atoms with E-state index in [4.69, 9.17) is 9.47 Å². The molecule has 2 aliphatic rings. The van der Waals surface area contributed by atoms with Crippen LogP contribution in [0, 0.1) is 0 Å². The average Bonchev–Trinajstić information content (AvgIpc) is 3.42. The van der Waals surface area contributed by atoms with Crippen molar-refractivity contribution in [3.63, 3.8) is 0 Å². The van der Waals surface area contributed by atoms with Crippen LogP contribution in [-0.4, -0.2) is 55.7 Å². The van der Waals surface area contributed by atoms with Gasteiger partial charge in [0.15, 0.2) is 11.5 Å². The van der Waals surface area contributed by atoms with Crippen LogP contribution in [0.2, 0.25) is 0 Å². The number of carbonyl (C=O) groups is 1. The summed E-state index contributed by atoms with van der Waals surface area (Å²) in [7, 11) is 1.66. The van der Waals surface area contributed by atoms with Crippen molar-refractivity contribution in [2.45, 2.75) is 31.8 Å². The molecule has 1 N–H and O–H groups in total. The Kier molecular flexibility index (Phi) is 6.74. The molecule has 0 radical (unpaired) electrons. The summed E-state index contributed by atoms with van der Waals surface area (Å²) in [6.07, 6.45) is 3.65. The first-order valence-electron chi connectivity index (χ1n) is 10.9. The Hall–Kier alpha value is -2.73. The van der Waals surface area contributed by atoms with E-state index in [9.17, 15) is 4.79 Å². The van der Waals surface area contributed by atoms with Crippen LogP contribution < -0.4 is 14.8 Å². The number of methoxy groups -OCH3 is 1. The highest BCUT2D eigenvalue weighted by Gasteiger charge is 2.29. The fourth-order valence-corrected chi connectivity index (χ4v) is 4.23. The zero-order valence-electron chi connectivity index (χ0n) is 17.7. The summed E-state index contributed by atoms with van der Waals surface area (Å²) in [5.74, 6) is 1.48. The van der Waals surface area contributed by atoms with Crippen molar-refractivity contribution in [2.24, 2.45) is 0 Å². The van der Waals surface area contributed by atoms with Crippen molar-refractivity contribution in [2.75, 3.05) is 39.9 Å². The Balaban J connectivity index is 1.31. The standard InChI is InChI=1S/C24H31N3O3/c1-29-23-16-19(10-11-22(23)30-15-7-14-26-12-5-6-13-26)17-27-18-21(25-24(27)28)20-8-3-2-4-9-20/h2-4,8-11,16,21H,5-7,12-15,17-18H2,1H3,(H,25,28)/t21-/m1/s1. The molecule has 160 valence electrons. The highest BCUT2D eigenvalue weighted by Crippen LogP contribution is 2.30. The number of urea groups is 1. The molecule has 6 heteroatoms. The first kappa shape index (κ1) is 20.5. The number of benzene rings is 2. The summed E-state index contributed by atoms with van der Waals surface area (Å²) < 4.78 is 11.5. The largest absolute Gasteiger partial charge is 0.493 e. The Bertz CT molecular complexity index is 837. The molecule has 2 aromatic carbocycles. The van der Waals surface area contributed by atoms with Crippen molar-refractivity contribution >= 4 is 6.03 Å². The number of carbonyl (C=O) groups excluding carboxylic acids is 1.